The van der Waals surface area contributed by atoms with E-state index in [0.29, 0.717) is 17.9 Å². The number of hydrogen-bond donors (Lipinski definition) is 4. The molecule has 1 aromatic carbocycles. The summed E-state index contributed by atoms with van der Waals surface area (Å²) in [6.45, 7) is 0.310. The van der Waals surface area contributed by atoms with Gasteiger partial charge in [-0.25, -0.2) is 0 Å². The second-order valence-corrected chi connectivity index (χ2v) is 6.25. The number of carbonyl (C=O) groups is 1. The normalized spacial score (nSPS) is 15.2. The summed E-state index contributed by atoms with van der Waals surface area (Å²) in [6.07, 6.45) is 6.73. The molecule has 1 amide bonds. The molecule has 0 unspecified atom stereocenters. The fraction of sp³-hybridized carbons (Fsp3) is 0.588. The highest BCUT2D eigenvalue weighted by molar-refractivity contribution is 5.83. The van der Waals surface area contributed by atoms with Crippen LogP contribution in [-0.2, 0) is 4.79 Å². The molecule has 2 rings (SSSR count). The molecule has 0 heterocycles. The minimum Gasteiger partial charge on any atom is -0.395 e. The molecule has 1 aromatic rings. The third-order valence-electron chi connectivity index (χ3n) is 4.30. The highest BCUT2D eigenvalue weighted by atomic mass is 16.6. The summed E-state index contributed by atoms with van der Waals surface area (Å²) in [6, 6.07) is 4.56. The molecule has 138 valence electrons. The Labute approximate surface area is 147 Å². The minimum absolute atomic E-state index is 0.0471. The van der Waals surface area contributed by atoms with Gasteiger partial charge in [0.1, 0.15) is 0 Å². The Kier molecular flexibility index (Phi) is 7.46. The van der Waals surface area contributed by atoms with Gasteiger partial charge in [-0.05, 0) is 18.9 Å². The van der Waals surface area contributed by atoms with Crippen molar-refractivity contribution in [2.24, 2.45) is 0 Å². The Hall–Kier alpha value is -2.35. The number of carbonyl (C=O) groups excluding carboxylic acids is 1. The third kappa shape index (κ3) is 6.22. The number of anilines is 2. The lowest BCUT2D eigenvalue weighted by atomic mass is 10.1. The van der Waals surface area contributed by atoms with Gasteiger partial charge in [0.05, 0.1) is 29.4 Å². The first kappa shape index (κ1) is 19.0. The molecule has 0 atom stereocenters. The van der Waals surface area contributed by atoms with Crippen molar-refractivity contribution >= 4 is 23.0 Å². The van der Waals surface area contributed by atoms with E-state index in [1.807, 2.05) is 0 Å². The SMILES string of the molecule is O=C(CNc1cc([N+](=O)[O-])ccc1NCCO)NC1CCCCCC1. The fourth-order valence-electron chi connectivity index (χ4n) is 3.01. The molecule has 1 fully saturated rings. The van der Waals surface area contributed by atoms with Crippen molar-refractivity contribution in [3.63, 3.8) is 0 Å². The molecule has 8 nitrogen and oxygen atoms in total. The lowest BCUT2D eigenvalue weighted by Gasteiger charge is -2.17. The summed E-state index contributed by atoms with van der Waals surface area (Å²) in [4.78, 5) is 22.6. The van der Waals surface area contributed by atoms with Gasteiger partial charge in [-0.15, -0.1) is 0 Å². The van der Waals surface area contributed by atoms with Gasteiger partial charge < -0.3 is 21.1 Å². The maximum Gasteiger partial charge on any atom is 0.271 e. The molecule has 0 aliphatic heterocycles. The lowest BCUT2D eigenvalue weighted by molar-refractivity contribution is -0.384. The molecule has 0 saturated heterocycles. The van der Waals surface area contributed by atoms with Crippen molar-refractivity contribution in [3.8, 4) is 0 Å². The van der Waals surface area contributed by atoms with Crippen LogP contribution in [0.1, 0.15) is 38.5 Å². The maximum absolute atomic E-state index is 12.2. The average molecular weight is 350 g/mol. The molecule has 0 aromatic heterocycles. The number of aliphatic hydroxyl groups excluding tert-OH is 1. The van der Waals surface area contributed by atoms with Crippen LogP contribution in [0.15, 0.2) is 18.2 Å². The molecule has 1 saturated carbocycles. The summed E-state index contributed by atoms with van der Waals surface area (Å²) < 4.78 is 0. The van der Waals surface area contributed by atoms with E-state index in [-0.39, 0.29) is 30.8 Å². The minimum atomic E-state index is -0.480. The van der Waals surface area contributed by atoms with Gasteiger partial charge in [-0.2, -0.15) is 0 Å². The van der Waals surface area contributed by atoms with Gasteiger partial charge in [-0.3, -0.25) is 14.9 Å². The van der Waals surface area contributed by atoms with Crippen LogP contribution in [0.2, 0.25) is 0 Å². The topological polar surface area (TPSA) is 117 Å². The molecule has 1 aliphatic rings. The molecular formula is C17H26N4O4. The van der Waals surface area contributed by atoms with Crippen molar-refractivity contribution in [1.29, 1.82) is 0 Å². The zero-order chi connectivity index (χ0) is 18.1. The lowest BCUT2D eigenvalue weighted by Crippen LogP contribution is -2.38. The van der Waals surface area contributed by atoms with E-state index >= 15 is 0 Å². The van der Waals surface area contributed by atoms with Crippen LogP contribution in [0.25, 0.3) is 0 Å². The van der Waals surface area contributed by atoms with Gasteiger partial charge in [0.2, 0.25) is 5.91 Å². The van der Waals surface area contributed by atoms with Crippen LogP contribution in [0.3, 0.4) is 0 Å². The number of nitro groups is 1. The van der Waals surface area contributed by atoms with Crippen LogP contribution in [0.5, 0.6) is 0 Å². The number of hydrogen-bond acceptors (Lipinski definition) is 6. The quantitative estimate of drug-likeness (QED) is 0.325. The number of nitrogens with zero attached hydrogens (tertiary/aromatic N) is 1. The summed E-state index contributed by atoms with van der Waals surface area (Å²) in [7, 11) is 0. The Balaban J connectivity index is 1.95. The smallest absolute Gasteiger partial charge is 0.271 e. The summed E-state index contributed by atoms with van der Waals surface area (Å²) in [5.74, 6) is -0.119. The number of non-ortho nitro benzene ring substituents is 1. The zero-order valence-corrected chi connectivity index (χ0v) is 14.3. The van der Waals surface area contributed by atoms with E-state index in [1.165, 1.54) is 25.0 Å². The Morgan fingerprint density at radius 2 is 1.88 bits per heavy atom. The Morgan fingerprint density at radius 3 is 2.52 bits per heavy atom. The van der Waals surface area contributed by atoms with E-state index in [2.05, 4.69) is 16.0 Å². The molecule has 25 heavy (non-hydrogen) atoms. The van der Waals surface area contributed by atoms with Crippen molar-refractivity contribution in [2.75, 3.05) is 30.3 Å². The van der Waals surface area contributed by atoms with Crippen molar-refractivity contribution in [2.45, 2.75) is 44.6 Å². The maximum atomic E-state index is 12.2. The summed E-state index contributed by atoms with van der Waals surface area (Å²) >= 11 is 0. The largest absolute Gasteiger partial charge is 0.395 e. The molecule has 0 radical (unpaired) electrons. The Bertz CT molecular complexity index is 586. The van der Waals surface area contributed by atoms with Crippen molar-refractivity contribution in [3.05, 3.63) is 28.3 Å². The van der Waals surface area contributed by atoms with Crippen LogP contribution < -0.4 is 16.0 Å². The van der Waals surface area contributed by atoms with Crippen molar-refractivity contribution in [1.82, 2.24) is 5.32 Å². The second kappa shape index (κ2) is 9.83. The molecule has 8 heteroatoms. The first-order valence-corrected chi connectivity index (χ1v) is 8.76. The number of aliphatic hydroxyl groups is 1. The molecule has 0 bridgehead atoms. The highest BCUT2D eigenvalue weighted by Gasteiger charge is 2.16. The summed E-state index contributed by atoms with van der Waals surface area (Å²) in [5, 5.41) is 28.9. The molecule has 4 N–H and O–H groups in total. The highest BCUT2D eigenvalue weighted by Crippen LogP contribution is 2.26. The predicted octanol–water partition coefficient (Wildman–Crippen LogP) is 2.25. The van der Waals surface area contributed by atoms with E-state index in [4.69, 9.17) is 5.11 Å². The van der Waals surface area contributed by atoms with Crippen LogP contribution in [-0.4, -0.2) is 41.7 Å². The van der Waals surface area contributed by atoms with E-state index in [0.717, 1.165) is 25.7 Å². The Morgan fingerprint density at radius 1 is 1.16 bits per heavy atom. The van der Waals surface area contributed by atoms with Gasteiger partial charge >= 0.3 is 0 Å². The number of benzene rings is 1. The number of amides is 1. The number of nitrogens with one attached hydrogen (secondary N) is 3. The predicted molar refractivity (Wildman–Crippen MR) is 96.8 cm³/mol. The van der Waals surface area contributed by atoms with Gasteiger partial charge in [-0.1, -0.05) is 25.7 Å². The molecular weight excluding hydrogens is 324 g/mol. The second-order valence-electron chi connectivity index (χ2n) is 6.25. The first-order valence-electron chi connectivity index (χ1n) is 8.76. The average Bonchev–Trinajstić information content (AvgIpc) is 2.87. The third-order valence-corrected chi connectivity index (χ3v) is 4.30. The van der Waals surface area contributed by atoms with Crippen LogP contribution in [0, 0.1) is 10.1 Å². The van der Waals surface area contributed by atoms with Crippen LogP contribution >= 0.6 is 0 Å². The van der Waals surface area contributed by atoms with Crippen molar-refractivity contribution < 1.29 is 14.8 Å². The number of nitro benzene ring substituents is 1. The first-order chi connectivity index (χ1) is 12.1. The standard InChI is InChI=1S/C17H26N4O4/c22-10-9-18-15-8-7-14(21(24)25)11-16(15)19-12-17(23)20-13-5-3-1-2-4-6-13/h7-8,11,13,18-19,22H,1-6,9-10,12H2,(H,20,23). The van der Waals surface area contributed by atoms with E-state index < -0.39 is 4.92 Å². The van der Waals surface area contributed by atoms with E-state index in [9.17, 15) is 14.9 Å². The molecule has 0 spiro atoms. The molecule has 1 aliphatic carbocycles. The van der Waals surface area contributed by atoms with Crippen LogP contribution in [0.4, 0.5) is 17.1 Å². The number of rotatable bonds is 8. The fourth-order valence-corrected chi connectivity index (χ4v) is 3.01. The van der Waals surface area contributed by atoms with Gasteiger partial charge in [0.25, 0.3) is 5.69 Å². The van der Waals surface area contributed by atoms with E-state index in [1.54, 1.807) is 6.07 Å². The zero-order valence-electron chi connectivity index (χ0n) is 14.3. The van der Waals surface area contributed by atoms with Gasteiger partial charge in [0.15, 0.2) is 0 Å². The van der Waals surface area contributed by atoms with Gasteiger partial charge in [0, 0.05) is 24.7 Å². The monoisotopic (exact) mass is 350 g/mol. The summed E-state index contributed by atoms with van der Waals surface area (Å²) in [5.41, 5.74) is 1.03.